The molecule has 0 aliphatic rings. The van der Waals surface area contributed by atoms with Crippen LogP contribution in [0.3, 0.4) is 0 Å². The second-order valence-electron chi connectivity index (χ2n) is 5.16. The van der Waals surface area contributed by atoms with Crippen LogP contribution in [-0.4, -0.2) is 31.6 Å². The molecule has 1 atom stereocenters. The van der Waals surface area contributed by atoms with E-state index in [0.29, 0.717) is 20.9 Å². The summed E-state index contributed by atoms with van der Waals surface area (Å²) in [5.41, 5.74) is 0. The first-order valence-corrected chi connectivity index (χ1v) is 8.87. The number of benzene rings is 1. The van der Waals surface area contributed by atoms with Crippen LogP contribution in [0.5, 0.6) is 5.75 Å². The number of ether oxygens (including phenoxy) is 2. The third-order valence-corrected chi connectivity index (χ3v) is 5.66. The number of halogens is 2. The zero-order chi connectivity index (χ0) is 17.9. The van der Waals surface area contributed by atoms with E-state index in [-0.39, 0.29) is 28.5 Å². The normalized spacial score (nSPS) is 12.0. The Hall–Kier alpha value is -1.50. The second-order valence-corrected chi connectivity index (χ2v) is 6.93. The molecule has 0 spiro atoms. The summed E-state index contributed by atoms with van der Waals surface area (Å²) in [6.07, 6.45) is 0.794. The smallest absolute Gasteiger partial charge is 0.350 e. The van der Waals surface area contributed by atoms with Crippen LogP contribution >= 0.6 is 34.5 Å². The Balaban J connectivity index is 2.17. The van der Waals surface area contributed by atoms with Crippen molar-refractivity contribution in [2.75, 3.05) is 13.7 Å². The van der Waals surface area contributed by atoms with E-state index in [1.807, 2.05) is 13.8 Å². The molecule has 0 radical (unpaired) electrons. The first-order chi connectivity index (χ1) is 11.4. The first-order valence-electron chi connectivity index (χ1n) is 7.30. The minimum atomic E-state index is -0.657. The number of amides is 1. The molecule has 1 amide bonds. The highest BCUT2D eigenvalue weighted by atomic mass is 35.5. The minimum absolute atomic E-state index is 0.0235. The molecule has 0 fully saturated rings. The predicted octanol–water partition coefficient (Wildman–Crippen LogP) is 4.29. The van der Waals surface area contributed by atoms with E-state index in [9.17, 15) is 9.59 Å². The molecule has 0 saturated heterocycles. The maximum absolute atomic E-state index is 12.2. The number of nitrogens with one attached hydrogen (secondary N) is 1. The Morgan fingerprint density at radius 2 is 2.00 bits per heavy atom. The summed E-state index contributed by atoms with van der Waals surface area (Å²) in [6.45, 7) is 3.47. The van der Waals surface area contributed by atoms with Crippen LogP contribution in [0.4, 0.5) is 0 Å². The maximum Gasteiger partial charge on any atom is 0.350 e. The molecule has 1 heterocycles. The van der Waals surface area contributed by atoms with Crippen molar-refractivity contribution in [2.24, 2.45) is 0 Å². The van der Waals surface area contributed by atoms with Gasteiger partial charge in [0.25, 0.3) is 5.91 Å². The van der Waals surface area contributed by atoms with Gasteiger partial charge in [-0.2, -0.15) is 0 Å². The van der Waals surface area contributed by atoms with E-state index in [1.54, 1.807) is 12.1 Å². The number of carbonyl (C=O) groups excluding carboxylic acids is 2. The number of rotatable bonds is 6. The highest BCUT2D eigenvalue weighted by molar-refractivity contribution is 7.22. The summed E-state index contributed by atoms with van der Waals surface area (Å²) in [6, 6.07) is 3.43. The van der Waals surface area contributed by atoms with Crippen LogP contribution in [0.2, 0.25) is 10.0 Å². The molecule has 24 heavy (non-hydrogen) atoms. The lowest BCUT2D eigenvalue weighted by molar-refractivity contribution is -0.124. The number of esters is 1. The molecule has 1 aromatic carbocycles. The molecule has 5 nitrogen and oxygen atoms in total. The van der Waals surface area contributed by atoms with Crippen LogP contribution in [0.1, 0.15) is 29.9 Å². The van der Waals surface area contributed by atoms with Crippen LogP contribution in [0.15, 0.2) is 12.1 Å². The van der Waals surface area contributed by atoms with Gasteiger partial charge in [-0.15, -0.1) is 11.3 Å². The van der Waals surface area contributed by atoms with Crippen molar-refractivity contribution >= 4 is 56.5 Å². The summed E-state index contributed by atoms with van der Waals surface area (Å²) < 4.78 is 10.8. The van der Waals surface area contributed by atoms with E-state index < -0.39 is 5.97 Å². The van der Waals surface area contributed by atoms with Crippen LogP contribution in [0.25, 0.3) is 10.1 Å². The minimum Gasteiger partial charge on any atom is -0.495 e. The van der Waals surface area contributed by atoms with Gasteiger partial charge in [-0.3, -0.25) is 4.79 Å². The molecule has 0 saturated carbocycles. The van der Waals surface area contributed by atoms with Crippen LogP contribution in [-0.2, 0) is 9.53 Å². The van der Waals surface area contributed by atoms with E-state index in [4.69, 9.17) is 32.7 Å². The number of hydrogen-bond donors (Lipinski definition) is 1. The molecule has 1 N–H and O–H groups in total. The van der Waals surface area contributed by atoms with E-state index >= 15 is 0 Å². The number of methoxy groups -OCH3 is 1. The van der Waals surface area contributed by atoms with Gasteiger partial charge >= 0.3 is 5.97 Å². The topological polar surface area (TPSA) is 64.6 Å². The molecule has 8 heteroatoms. The monoisotopic (exact) mass is 389 g/mol. The average molecular weight is 390 g/mol. The van der Waals surface area contributed by atoms with Crippen molar-refractivity contribution in [1.29, 1.82) is 0 Å². The number of thiophene rings is 1. The fourth-order valence-corrected chi connectivity index (χ4v) is 3.76. The van der Waals surface area contributed by atoms with Gasteiger partial charge < -0.3 is 14.8 Å². The largest absolute Gasteiger partial charge is 0.495 e. The van der Waals surface area contributed by atoms with Gasteiger partial charge in [-0.25, -0.2) is 4.79 Å². The lowest BCUT2D eigenvalue weighted by Crippen LogP contribution is -2.35. The zero-order valence-electron chi connectivity index (χ0n) is 13.4. The van der Waals surface area contributed by atoms with Crippen molar-refractivity contribution in [1.82, 2.24) is 5.32 Å². The van der Waals surface area contributed by atoms with Gasteiger partial charge in [0.1, 0.15) is 15.6 Å². The fourth-order valence-electron chi connectivity index (χ4n) is 1.98. The summed E-state index contributed by atoms with van der Waals surface area (Å²) in [5, 5.41) is 4.00. The molecule has 0 bridgehead atoms. The average Bonchev–Trinajstić information content (AvgIpc) is 2.91. The predicted molar refractivity (Wildman–Crippen MR) is 96.6 cm³/mol. The molecular weight excluding hydrogens is 373 g/mol. The van der Waals surface area contributed by atoms with Crippen molar-refractivity contribution in [3.05, 3.63) is 27.1 Å². The van der Waals surface area contributed by atoms with Gasteiger partial charge in [0.05, 0.1) is 16.8 Å². The number of fused-ring (bicyclic) bond motifs is 1. The molecule has 2 aromatic rings. The standard InChI is InChI=1S/C16H17Cl2NO4S/c1-4-8(2)19-11(20)7-23-16(21)15-12(17)9-5-6-10(22-3)13(18)14(9)24-15/h5-6,8H,4,7H2,1-3H3,(H,19,20). The Morgan fingerprint density at radius 3 is 2.62 bits per heavy atom. The van der Waals surface area contributed by atoms with Gasteiger partial charge in [0.2, 0.25) is 0 Å². The first kappa shape index (κ1) is 18.8. The van der Waals surface area contributed by atoms with E-state index in [2.05, 4.69) is 5.32 Å². The molecule has 1 unspecified atom stereocenters. The van der Waals surface area contributed by atoms with Crippen molar-refractivity contribution in [3.63, 3.8) is 0 Å². The van der Waals surface area contributed by atoms with Gasteiger partial charge in [0, 0.05) is 11.4 Å². The summed E-state index contributed by atoms with van der Waals surface area (Å²) in [7, 11) is 1.51. The highest BCUT2D eigenvalue weighted by Gasteiger charge is 2.22. The van der Waals surface area contributed by atoms with E-state index in [0.717, 1.165) is 17.8 Å². The van der Waals surface area contributed by atoms with E-state index in [1.165, 1.54) is 7.11 Å². The Bertz CT molecular complexity index is 775. The summed E-state index contributed by atoms with van der Waals surface area (Å²) in [5.74, 6) is -0.514. The molecule has 130 valence electrons. The van der Waals surface area contributed by atoms with Crippen LogP contribution in [0, 0.1) is 0 Å². The van der Waals surface area contributed by atoms with Crippen molar-refractivity contribution in [3.8, 4) is 5.75 Å². The SMILES string of the molecule is CCC(C)NC(=O)COC(=O)c1sc2c(Cl)c(OC)ccc2c1Cl. The number of hydrogen-bond acceptors (Lipinski definition) is 5. The summed E-state index contributed by atoms with van der Waals surface area (Å²) in [4.78, 5) is 24.1. The Labute approximate surface area is 153 Å². The lowest BCUT2D eigenvalue weighted by Gasteiger charge is -2.11. The van der Waals surface area contributed by atoms with Crippen LogP contribution < -0.4 is 10.1 Å². The fraction of sp³-hybridized carbons (Fsp3) is 0.375. The molecule has 1 aromatic heterocycles. The summed E-state index contributed by atoms with van der Waals surface area (Å²) >= 11 is 13.6. The second kappa shape index (κ2) is 8.05. The molecule has 0 aliphatic carbocycles. The van der Waals surface area contributed by atoms with Crippen molar-refractivity contribution < 1.29 is 19.1 Å². The van der Waals surface area contributed by atoms with Crippen molar-refractivity contribution in [2.45, 2.75) is 26.3 Å². The third kappa shape index (κ3) is 3.94. The Morgan fingerprint density at radius 1 is 1.29 bits per heavy atom. The van der Waals surface area contributed by atoms with Gasteiger partial charge in [-0.1, -0.05) is 30.1 Å². The quantitative estimate of drug-likeness (QED) is 0.748. The Kier molecular flexibility index (Phi) is 6.32. The molecule has 0 aliphatic heterocycles. The molecular formula is C16H17Cl2NO4S. The third-order valence-electron chi connectivity index (χ3n) is 3.46. The highest BCUT2D eigenvalue weighted by Crippen LogP contribution is 2.43. The van der Waals surface area contributed by atoms with Gasteiger partial charge in [0.15, 0.2) is 6.61 Å². The number of carbonyl (C=O) groups is 2. The maximum atomic E-state index is 12.2. The lowest BCUT2D eigenvalue weighted by atomic mass is 10.2. The molecule has 2 rings (SSSR count). The van der Waals surface area contributed by atoms with Gasteiger partial charge in [-0.05, 0) is 25.5 Å². The zero-order valence-corrected chi connectivity index (χ0v) is 15.8.